The second-order valence-electron chi connectivity index (χ2n) is 7.60. The Balaban J connectivity index is 1.79. The van der Waals surface area contributed by atoms with Crippen molar-refractivity contribution in [3.05, 3.63) is 11.3 Å². The van der Waals surface area contributed by atoms with Crippen LogP contribution in [0.3, 0.4) is 0 Å². The number of amides is 1. The number of ether oxygens (including phenoxy) is 1. The number of aromatic nitrogens is 2. The summed E-state index contributed by atoms with van der Waals surface area (Å²) in [4.78, 5) is 12.3. The van der Waals surface area contributed by atoms with Crippen LogP contribution < -0.4 is 5.32 Å². The second kappa shape index (κ2) is 7.61. The molecule has 0 aromatic carbocycles. The molecule has 0 aliphatic heterocycles. The highest BCUT2D eigenvalue weighted by atomic mass is 19.4. The average molecular weight is 409 g/mol. The van der Waals surface area contributed by atoms with Crippen molar-refractivity contribution >= 4 is 11.7 Å². The van der Waals surface area contributed by atoms with Crippen LogP contribution in [0, 0.1) is 0 Å². The number of aryl methyl sites for hydroxylation is 1. The Morgan fingerprint density at radius 1 is 1.32 bits per heavy atom. The number of hydrogen-bond donors (Lipinski definition) is 1. The number of nitrogens with zero attached hydrogens (tertiary/aromatic N) is 2. The SMILES string of the molecule is CCO[C@@H](CC(=O)Nc1c(C2CCC2)c(C2CC(F)(F)C2)nn1C)C(F)(F)F. The van der Waals surface area contributed by atoms with Gasteiger partial charge in [-0.05, 0) is 25.7 Å². The third kappa shape index (κ3) is 4.31. The summed E-state index contributed by atoms with van der Waals surface area (Å²) in [5, 5.41) is 6.86. The van der Waals surface area contributed by atoms with Crippen molar-refractivity contribution in [1.29, 1.82) is 0 Å². The summed E-state index contributed by atoms with van der Waals surface area (Å²) in [5.41, 5.74) is 1.23. The van der Waals surface area contributed by atoms with Crippen molar-refractivity contribution in [1.82, 2.24) is 9.78 Å². The van der Waals surface area contributed by atoms with Crippen LogP contribution in [0.2, 0.25) is 0 Å². The van der Waals surface area contributed by atoms with Crippen molar-refractivity contribution in [2.24, 2.45) is 7.05 Å². The molecule has 0 spiro atoms. The van der Waals surface area contributed by atoms with Crippen LogP contribution in [0.15, 0.2) is 0 Å². The van der Waals surface area contributed by atoms with Crippen LogP contribution >= 0.6 is 0 Å². The molecule has 1 N–H and O–H groups in total. The monoisotopic (exact) mass is 409 g/mol. The van der Waals surface area contributed by atoms with Gasteiger partial charge < -0.3 is 10.1 Å². The van der Waals surface area contributed by atoms with Gasteiger partial charge in [0.25, 0.3) is 0 Å². The number of halogens is 5. The normalized spacial score (nSPS) is 21.1. The number of anilines is 1. The summed E-state index contributed by atoms with van der Waals surface area (Å²) in [6, 6.07) is 0. The molecule has 1 atom stereocenters. The van der Waals surface area contributed by atoms with Crippen LogP contribution in [-0.4, -0.2) is 40.5 Å². The lowest BCUT2D eigenvalue weighted by Gasteiger charge is -2.36. The van der Waals surface area contributed by atoms with Gasteiger partial charge in [-0.1, -0.05) is 6.42 Å². The first-order valence-electron chi connectivity index (χ1n) is 9.44. The quantitative estimate of drug-likeness (QED) is 0.675. The van der Waals surface area contributed by atoms with Gasteiger partial charge in [0.1, 0.15) is 5.82 Å². The van der Waals surface area contributed by atoms with Crippen LogP contribution in [0.4, 0.5) is 27.8 Å². The molecule has 5 nitrogen and oxygen atoms in total. The van der Waals surface area contributed by atoms with Crippen LogP contribution in [0.1, 0.15) is 68.5 Å². The van der Waals surface area contributed by atoms with E-state index in [1.165, 1.54) is 11.6 Å². The number of hydrogen-bond acceptors (Lipinski definition) is 3. The predicted molar refractivity (Wildman–Crippen MR) is 91.4 cm³/mol. The topological polar surface area (TPSA) is 56.1 Å². The van der Waals surface area contributed by atoms with E-state index in [4.69, 9.17) is 0 Å². The zero-order chi connectivity index (χ0) is 20.7. The largest absolute Gasteiger partial charge is 0.415 e. The fourth-order valence-electron chi connectivity index (χ4n) is 3.79. The lowest BCUT2D eigenvalue weighted by Crippen LogP contribution is -2.36. The Hall–Kier alpha value is -1.71. The van der Waals surface area contributed by atoms with E-state index in [9.17, 15) is 26.7 Å². The Morgan fingerprint density at radius 3 is 2.43 bits per heavy atom. The molecule has 2 saturated carbocycles. The first-order valence-corrected chi connectivity index (χ1v) is 9.44. The van der Waals surface area contributed by atoms with E-state index < -0.39 is 36.4 Å². The van der Waals surface area contributed by atoms with Gasteiger partial charge >= 0.3 is 6.18 Å². The van der Waals surface area contributed by atoms with Crippen LogP contribution in [0.5, 0.6) is 0 Å². The number of rotatable bonds is 7. The van der Waals surface area contributed by atoms with E-state index in [2.05, 4.69) is 15.2 Å². The van der Waals surface area contributed by atoms with Crippen molar-refractivity contribution in [2.45, 2.75) is 75.5 Å². The Bertz CT molecular complexity index is 720. The molecule has 1 amide bonds. The summed E-state index contributed by atoms with van der Waals surface area (Å²) in [5.74, 6) is -3.56. The van der Waals surface area contributed by atoms with E-state index in [0.717, 1.165) is 19.3 Å². The van der Waals surface area contributed by atoms with Gasteiger partial charge in [-0.25, -0.2) is 8.78 Å². The maximum Gasteiger partial charge on any atom is 0.415 e. The smallest absolute Gasteiger partial charge is 0.369 e. The first kappa shape index (κ1) is 21.0. The molecular weight excluding hydrogens is 385 g/mol. The molecule has 3 rings (SSSR count). The highest BCUT2D eigenvalue weighted by molar-refractivity contribution is 5.91. The number of alkyl halides is 5. The Morgan fingerprint density at radius 2 is 1.96 bits per heavy atom. The molecule has 2 fully saturated rings. The zero-order valence-corrected chi connectivity index (χ0v) is 15.8. The third-order valence-corrected chi connectivity index (χ3v) is 5.46. The van der Waals surface area contributed by atoms with Crippen molar-refractivity contribution in [3.63, 3.8) is 0 Å². The lowest BCUT2D eigenvalue weighted by molar-refractivity contribution is -0.220. The van der Waals surface area contributed by atoms with E-state index >= 15 is 0 Å². The minimum Gasteiger partial charge on any atom is -0.369 e. The summed E-state index contributed by atoms with van der Waals surface area (Å²) >= 11 is 0. The fourth-order valence-corrected chi connectivity index (χ4v) is 3.79. The first-order chi connectivity index (χ1) is 13.0. The molecule has 1 heterocycles. The molecule has 158 valence electrons. The van der Waals surface area contributed by atoms with Crippen LogP contribution in [0.25, 0.3) is 0 Å². The molecule has 0 radical (unpaired) electrons. The van der Waals surface area contributed by atoms with E-state index in [1.54, 1.807) is 7.05 Å². The number of carbonyl (C=O) groups excluding carboxylic acids is 1. The molecule has 2 aliphatic carbocycles. The molecule has 0 bridgehead atoms. The maximum absolute atomic E-state index is 13.3. The van der Waals surface area contributed by atoms with Gasteiger partial charge in [0.05, 0.1) is 12.1 Å². The molecule has 1 aromatic heterocycles. The molecule has 0 saturated heterocycles. The highest BCUT2D eigenvalue weighted by Crippen LogP contribution is 2.52. The van der Waals surface area contributed by atoms with E-state index in [-0.39, 0.29) is 25.4 Å². The minimum absolute atomic E-state index is 0.0820. The van der Waals surface area contributed by atoms with E-state index in [1.807, 2.05) is 0 Å². The summed E-state index contributed by atoms with van der Waals surface area (Å²) in [6.07, 6.45) is -5.64. The summed E-state index contributed by atoms with van der Waals surface area (Å²) in [7, 11) is 1.56. The van der Waals surface area contributed by atoms with Gasteiger partial charge in [0, 0.05) is 38.0 Å². The Labute approximate surface area is 159 Å². The molecule has 2 aliphatic rings. The number of nitrogens with one attached hydrogen (secondary N) is 1. The molecule has 1 aromatic rings. The van der Waals surface area contributed by atoms with E-state index in [0.29, 0.717) is 17.1 Å². The molecular formula is C18H24F5N3O2. The van der Waals surface area contributed by atoms with Gasteiger partial charge in [0.15, 0.2) is 6.10 Å². The Kier molecular flexibility index (Phi) is 5.71. The highest BCUT2D eigenvalue weighted by Gasteiger charge is 2.49. The number of carbonyl (C=O) groups is 1. The maximum atomic E-state index is 13.3. The lowest BCUT2D eigenvalue weighted by atomic mass is 9.73. The average Bonchev–Trinajstić information content (AvgIpc) is 2.79. The van der Waals surface area contributed by atoms with Gasteiger partial charge in [-0.2, -0.15) is 18.3 Å². The van der Waals surface area contributed by atoms with Gasteiger partial charge in [-0.15, -0.1) is 0 Å². The van der Waals surface area contributed by atoms with Crippen LogP contribution in [-0.2, 0) is 16.6 Å². The van der Waals surface area contributed by atoms with Crippen molar-refractivity contribution in [2.75, 3.05) is 11.9 Å². The molecule has 10 heteroatoms. The third-order valence-electron chi connectivity index (χ3n) is 5.46. The standard InChI is InChI=1S/C18H24F5N3O2/c1-3-28-12(18(21,22)23)7-13(27)24-16-14(10-5-4-6-10)15(25-26(16)2)11-8-17(19,20)9-11/h10-12H,3-9H2,1-2H3,(H,24,27)/t12-/m0/s1. The second-order valence-corrected chi connectivity index (χ2v) is 7.60. The fraction of sp³-hybridized carbons (Fsp3) is 0.778. The minimum atomic E-state index is -4.65. The summed E-state index contributed by atoms with van der Waals surface area (Å²) < 4.78 is 71.7. The van der Waals surface area contributed by atoms with Gasteiger partial charge in [-0.3, -0.25) is 9.48 Å². The molecule has 28 heavy (non-hydrogen) atoms. The zero-order valence-electron chi connectivity index (χ0n) is 15.8. The predicted octanol–water partition coefficient (Wildman–Crippen LogP) is 4.50. The van der Waals surface area contributed by atoms with Gasteiger partial charge in [0.2, 0.25) is 11.8 Å². The summed E-state index contributed by atoms with van der Waals surface area (Å²) in [6.45, 7) is 1.25. The van der Waals surface area contributed by atoms with Crippen molar-refractivity contribution < 1.29 is 31.5 Å². The molecule has 0 unspecified atom stereocenters. The van der Waals surface area contributed by atoms with Crippen molar-refractivity contribution in [3.8, 4) is 0 Å².